The summed E-state index contributed by atoms with van der Waals surface area (Å²) in [6, 6.07) is 5.27. The maximum absolute atomic E-state index is 10.8. The molecule has 0 bridgehead atoms. The quantitative estimate of drug-likeness (QED) is 0.612. The third-order valence-corrected chi connectivity index (χ3v) is 3.22. The summed E-state index contributed by atoms with van der Waals surface area (Å²) >= 11 is 0. The first-order chi connectivity index (χ1) is 10.5. The van der Waals surface area contributed by atoms with E-state index in [1.54, 1.807) is 0 Å². The Balaban J connectivity index is 3.56. The highest BCUT2D eigenvalue weighted by molar-refractivity contribution is 5.77. The number of anilines is 1. The largest absolute Gasteiger partial charge is 0.511 e. The Morgan fingerprint density at radius 1 is 1.36 bits per heavy atom. The van der Waals surface area contributed by atoms with Crippen molar-refractivity contribution in [1.82, 2.24) is 0 Å². The molecule has 0 heterocycles. The molecule has 0 fully saturated rings. The van der Waals surface area contributed by atoms with Crippen LogP contribution < -0.4 is 14.8 Å². The normalized spacial score (nSPS) is 9.73. The molecule has 0 amide bonds. The summed E-state index contributed by atoms with van der Waals surface area (Å²) in [4.78, 5) is 10.8. The molecule has 0 unspecified atom stereocenters. The molecule has 0 aliphatic heterocycles. The average Bonchev–Trinajstić information content (AvgIpc) is 2.51. The van der Waals surface area contributed by atoms with Crippen LogP contribution >= 0.6 is 0 Å². The van der Waals surface area contributed by atoms with Crippen LogP contribution in [0.2, 0.25) is 0 Å². The van der Waals surface area contributed by atoms with Gasteiger partial charge in [0, 0.05) is 12.1 Å². The Morgan fingerprint density at radius 3 is 2.41 bits per heavy atom. The minimum absolute atomic E-state index is 0.0191. The number of nitrogens with one attached hydrogen (secondary N) is 1. The Bertz CT molecular complexity index is 640. The summed E-state index contributed by atoms with van der Waals surface area (Å²) in [5, 5.41) is 30.6. The maximum Gasteiger partial charge on any atom is 0.511 e. The predicted octanol–water partition coefficient (Wildman–Crippen LogP) is 3.10. The monoisotopic (exact) mass is 303 g/mol. The van der Waals surface area contributed by atoms with Crippen LogP contribution in [0.25, 0.3) is 0 Å². The molecule has 0 aliphatic carbocycles. The van der Waals surface area contributed by atoms with Gasteiger partial charge in [0.05, 0.1) is 18.4 Å². The molecule has 1 rings (SSSR count). The van der Waals surface area contributed by atoms with Gasteiger partial charge in [-0.2, -0.15) is 10.5 Å². The van der Waals surface area contributed by atoms with E-state index in [-0.39, 0.29) is 34.4 Å². The minimum atomic E-state index is -1.56. The van der Waals surface area contributed by atoms with E-state index < -0.39 is 6.16 Å². The molecule has 0 saturated carbocycles. The molecule has 2 N–H and O–H groups in total. The molecular weight excluding hydrogens is 286 g/mol. The highest BCUT2D eigenvalue weighted by atomic mass is 16.7. The van der Waals surface area contributed by atoms with Gasteiger partial charge in [-0.15, -0.1) is 0 Å². The van der Waals surface area contributed by atoms with E-state index in [1.165, 1.54) is 13.2 Å². The molecule has 1 aromatic rings. The molecule has 7 heteroatoms. The van der Waals surface area contributed by atoms with Crippen molar-refractivity contribution >= 4 is 11.8 Å². The highest BCUT2D eigenvalue weighted by Crippen LogP contribution is 2.39. The summed E-state index contributed by atoms with van der Waals surface area (Å²) in [7, 11) is 1.31. The first-order valence-electron chi connectivity index (χ1n) is 6.74. The summed E-state index contributed by atoms with van der Waals surface area (Å²) < 4.78 is 9.69. The van der Waals surface area contributed by atoms with Gasteiger partial charge in [-0.05, 0) is 12.8 Å². The van der Waals surface area contributed by atoms with Gasteiger partial charge in [0.2, 0.25) is 0 Å². The average molecular weight is 303 g/mol. The Labute approximate surface area is 128 Å². The van der Waals surface area contributed by atoms with Crippen LogP contribution in [-0.4, -0.2) is 24.4 Å². The van der Waals surface area contributed by atoms with Crippen LogP contribution in [0.3, 0.4) is 0 Å². The zero-order chi connectivity index (χ0) is 16.7. The molecule has 0 atom stereocenters. The summed E-state index contributed by atoms with van der Waals surface area (Å²) in [6.07, 6.45) is 0.00817. The Kier molecular flexibility index (Phi) is 6.03. The Hall–Kier alpha value is -2.93. The highest BCUT2D eigenvalue weighted by Gasteiger charge is 2.23. The number of nitriles is 2. The first kappa shape index (κ1) is 17.1. The van der Waals surface area contributed by atoms with E-state index in [2.05, 4.69) is 10.1 Å². The van der Waals surface area contributed by atoms with E-state index >= 15 is 0 Å². The molecule has 0 radical (unpaired) electrons. The van der Waals surface area contributed by atoms with Crippen molar-refractivity contribution < 1.29 is 19.4 Å². The van der Waals surface area contributed by atoms with Crippen LogP contribution in [-0.2, 0) is 0 Å². The van der Waals surface area contributed by atoms with Gasteiger partial charge >= 0.3 is 6.16 Å². The van der Waals surface area contributed by atoms with Crippen LogP contribution in [0.4, 0.5) is 10.5 Å². The molecule has 0 spiro atoms. The van der Waals surface area contributed by atoms with E-state index in [0.29, 0.717) is 0 Å². The number of nitrogens with zero attached hydrogens (tertiary/aromatic N) is 2. The predicted molar refractivity (Wildman–Crippen MR) is 79.1 cm³/mol. The second-order valence-electron chi connectivity index (χ2n) is 4.45. The van der Waals surface area contributed by atoms with E-state index in [4.69, 9.17) is 9.84 Å². The molecule has 0 aliphatic rings. The van der Waals surface area contributed by atoms with Gasteiger partial charge in [0.1, 0.15) is 17.7 Å². The summed E-state index contributed by atoms with van der Waals surface area (Å²) in [5.41, 5.74) is 0.388. The second-order valence-corrected chi connectivity index (χ2v) is 4.45. The second kappa shape index (κ2) is 7.75. The fourth-order valence-electron chi connectivity index (χ4n) is 2.02. The van der Waals surface area contributed by atoms with Crippen molar-refractivity contribution in [2.45, 2.75) is 32.7 Å². The van der Waals surface area contributed by atoms with Crippen LogP contribution in [0.5, 0.6) is 11.5 Å². The van der Waals surface area contributed by atoms with Crippen LogP contribution in [0, 0.1) is 22.7 Å². The number of carbonyl (C=O) groups is 1. The minimum Gasteiger partial charge on any atom is -0.493 e. The lowest BCUT2D eigenvalue weighted by atomic mass is 10.0. The maximum atomic E-state index is 10.8. The lowest BCUT2D eigenvalue weighted by Gasteiger charge is -2.20. The van der Waals surface area contributed by atoms with Crippen molar-refractivity contribution in [1.29, 1.82) is 10.5 Å². The van der Waals surface area contributed by atoms with Gasteiger partial charge in [-0.25, -0.2) is 4.79 Å². The van der Waals surface area contributed by atoms with Gasteiger partial charge in [0.15, 0.2) is 11.5 Å². The fourth-order valence-corrected chi connectivity index (χ4v) is 2.02. The lowest BCUT2D eigenvalue weighted by molar-refractivity contribution is 0.142. The number of hydrogen-bond acceptors (Lipinski definition) is 6. The number of ether oxygens (including phenoxy) is 2. The topological polar surface area (TPSA) is 115 Å². The Morgan fingerprint density at radius 2 is 2.00 bits per heavy atom. The number of rotatable bonds is 6. The van der Waals surface area contributed by atoms with Gasteiger partial charge in [0.25, 0.3) is 0 Å². The lowest BCUT2D eigenvalue weighted by Crippen LogP contribution is -2.19. The van der Waals surface area contributed by atoms with Gasteiger partial charge < -0.3 is 19.9 Å². The summed E-state index contributed by atoms with van der Waals surface area (Å²) in [5.74, 6) is -0.199. The molecular formula is C15H17N3O4. The van der Waals surface area contributed by atoms with E-state index in [1.807, 2.05) is 26.0 Å². The SMILES string of the molecule is CCC(CC)Nc1c(C#N)cc(OC)c(OC(=O)O)c1C#N. The summed E-state index contributed by atoms with van der Waals surface area (Å²) in [6.45, 7) is 3.94. The smallest absolute Gasteiger partial charge is 0.493 e. The molecule has 1 aromatic carbocycles. The third-order valence-electron chi connectivity index (χ3n) is 3.22. The van der Waals surface area contributed by atoms with Gasteiger partial charge in [-0.1, -0.05) is 13.8 Å². The van der Waals surface area contributed by atoms with E-state index in [9.17, 15) is 15.3 Å². The zero-order valence-corrected chi connectivity index (χ0v) is 12.6. The number of methoxy groups -OCH3 is 1. The number of benzene rings is 1. The van der Waals surface area contributed by atoms with Gasteiger partial charge in [-0.3, -0.25) is 0 Å². The first-order valence-corrected chi connectivity index (χ1v) is 6.74. The number of hydrogen-bond donors (Lipinski definition) is 2. The van der Waals surface area contributed by atoms with E-state index in [0.717, 1.165) is 12.8 Å². The number of carboxylic acid groups (broad SMARTS) is 1. The fraction of sp³-hybridized carbons (Fsp3) is 0.400. The van der Waals surface area contributed by atoms with Crippen molar-refractivity contribution in [3.63, 3.8) is 0 Å². The van der Waals surface area contributed by atoms with Crippen LogP contribution in [0.15, 0.2) is 6.07 Å². The van der Waals surface area contributed by atoms with Crippen molar-refractivity contribution in [3.05, 3.63) is 17.2 Å². The van der Waals surface area contributed by atoms with Crippen molar-refractivity contribution in [2.75, 3.05) is 12.4 Å². The molecule has 7 nitrogen and oxygen atoms in total. The van der Waals surface area contributed by atoms with Crippen LogP contribution in [0.1, 0.15) is 37.8 Å². The standard InChI is InChI=1S/C15H17N3O4/c1-4-10(5-2)18-13-9(7-16)6-12(21-3)14(11(13)8-17)22-15(19)20/h6,10,18H,4-5H2,1-3H3,(H,19,20). The molecule has 116 valence electrons. The zero-order valence-electron chi connectivity index (χ0n) is 12.6. The van der Waals surface area contributed by atoms with Crippen molar-refractivity contribution in [3.8, 4) is 23.6 Å². The molecule has 22 heavy (non-hydrogen) atoms. The van der Waals surface area contributed by atoms with Crippen molar-refractivity contribution in [2.24, 2.45) is 0 Å². The molecule has 0 aromatic heterocycles. The molecule has 0 saturated heterocycles. The third kappa shape index (κ3) is 3.58.